The maximum atomic E-state index is 5.44. The Morgan fingerprint density at radius 3 is 2.67 bits per heavy atom. The molecule has 1 heterocycles. The van der Waals surface area contributed by atoms with Gasteiger partial charge in [0.1, 0.15) is 5.75 Å². The lowest BCUT2D eigenvalue weighted by Crippen LogP contribution is -1.99. The number of ether oxygens (including phenoxy) is 1. The van der Waals surface area contributed by atoms with Crippen LogP contribution in [0.25, 0.3) is 11.4 Å². The van der Waals surface area contributed by atoms with Crippen molar-refractivity contribution >= 4 is 0 Å². The maximum Gasteiger partial charge on any atom is 0.226 e. The summed E-state index contributed by atoms with van der Waals surface area (Å²) in [6, 6.07) is 7.57. The second-order valence-electron chi connectivity index (χ2n) is 3.99. The fraction of sp³-hybridized carbons (Fsp3) is 0.385. The van der Waals surface area contributed by atoms with Gasteiger partial charge in [0.05, 0.1) is 7.11 Å². The van der Waals surface area contributed by atoms with Gasteiger partial charge in [-0.15, -0.1) is 0 Å². The van der Waals surface area contributed by atoms with Crippen LogP contribution in [0.15, 0.2) is 28.8 Å². The van der Waals surface area contributed by atoms with Crippen molar-refractivity contribution in [2.45, 2.75) is 19.3 Å². The summed E-state index contributed by atoms with van der Waals surface area (Å²) in [5, 5.41) is 3.96. The molecule has 0 bridgehead atoms. The first-order valence-electron chi connectivity index (χ1n) is 6.00. The van der Waals surface area contributed by atoms with E-state index in [1.807, 2.05) is 24.3 Å². The normalized spacial score (nSPS) is 10.6. The van der Waals surface area contributed by atoms with Crippen LogP contribution in [0.5, 0.6) is 5.75 Å². The van der Waals surface area contributed by atoms with Gasteiger partial charge in [0, 0.05) is 12.0 Å². The first-order chi connectivity index (χ1) is 8.83. The fourth-order valence-corrected chi connectivity index (χ4v) is 1.63. The molecule has 0 aliphatic carbocycles. The van der Waals surface area contributed by atoms with Crippen molar-refractivity contribution in [3.8, 4) is 17.1 Å². The quantitative estimate of drug-likeness (QED) is 0.790. The van der Waals surface area contributed by atoms with E-state index in [1.54, 1.807) is 7.11 Å². The van der Waals surface area contributed by atoms with Crippen LogP contribution in [-0.4, -0.2) is 23.8 Å². The zero-order valence-electron chi connectivity index (χ0n) is 10.4. The first-order valence-corrected chi connectivity index (χ1v) is 6.00. The monoisotopic (exact) mass is 247 g/mol. The van der Waals surface area contributed by atoms with Gasteiger partial charge >= 0.3 is 0 Å². The zero-order valence-corrected chi connectivity index (χ0v) is 10.4. The average Bonchev–Trinajstić information content (AvgIpc) is 2.88. The Kier molecular flexibility index (Phi) is 4.30. The van der Waals surface area contributed by atoms with E-state index in [0.717, 1.165) is 30.6 Å². The van der Waals surface area contributed by atoms with E-state index >= 15 is 0 Å². The van der Waals surface area contributed by atoms with Crippen molar-refractivity contribution in [1.29, 1.82) is 0 Å². The Morgan fingerprint density at radius 2 is 2.00 bits per heavy atom. The average molecular weight is 247 g/mol. The fourth-order valence-electron chi connectivity index (χ4n) is 1.63. The smallest absolute Gasteiger partial charge is 0.226 e. The predicted molar refractivity (Wildman–Crippen MR) is 68.3 cm³/mol. The van der Waals surface area contributed by atoms with Crippen molar-refractivity contribution in [3.63, 3.8) is 0 Å². The predicted octanol–water partition coefficient (Wildman–Crippen LogP) is 2.03. The van der Waals surface area contributed by atoms with E-state index in [1.165, 1.54) is 0 Å². The molecule has 0 aliphatic rings. The molecule has 5 heteroatoms. The molecule has 0 amide bonds. The molecular formula is C13H17N3O2. The van der Waals surface area contributed by atoms with Gasteiger partial charge in [-0.1, -0.05) is 5.16 Å². The lowest BCUT2D eigenvalue weighted by molar-refractivity contribution is 0.375. The number of benzene rings is 1. The molecule has 0 saturated carbocycles. The second-order valence-corrected chi connectivity index (χ2v) is 3.99. The molecular weight excluding hydrogens is 230 g/mol. The third-order valence-electron chi connectivity index (χ3n) is 2.66. The van der Waals surface area contributed by atoms with Crippen LogP contribution >= 0.6 is 0 Å². The van der Waals surface area contributed by atoms with Crippen LogP contribution in [0.4, 0.5) is 0 Å². The SMILES string of the molecule is COc1ccc(-c2noc(CCCCN)n2)cc1. The molecule has 18 heavy (non-hydrogen) atoms. The molecule has 0 fully saturated rings. The topological polar surface area (TPSA) is 74.2 Å². The third kappa shape index (κ3) is 3.07. The summed E-state index contributed by atoms with van der Waals surface area (Å²) in [4.78, 5) is 4.35. The third-order valence-corrected chi connectivity index (χ3v) is 2.66. The van der Waals surface area contributed by atoms with Gasteiger partial charge in [0.25, 0.3) is 0 Å². The minimum atomic E-state index is 0.611. The largest absolute Gasteiger partial charge is 0.497 e. The molecule has 0 unspecified atom stereocenters. The molecule has 5 nitrogen and oxygen atoms in total. The summed E-state index contributed by atoms with van der Waals surface area (Å²) in [7, 11) is 1.64. The number of nitrogens with zero attached hydrogens (tertiary/aromatic N) is 2. The molecule has 0 radical (unpaired) electrons. The highest BCUT2D eigenvalue weighted by Gasteiger charge is 2.08. The summed E-state index contributed by atoms with van der Waals surface area (Å²) in [5.41, 5.74) is 6.36. The number of hydrogen-bond acceptors (Lipinski definition) is 5. The van der Waals surface area contributed by atoms with Gasteiger partial charge in [0.15, 0.2) is 0 Å². The second kappa shape index (κ2) is 6.16. The lowest BCUT2D eigenvalue weighted by Gasteiger charge is -1.98. The number of nitrogens with two attached hydrogens (primary N) is 1. The molecule has 1 aromatic carbocycles. The maximum absolute atomic E-state index is 5.44. The number of methoxy groups -OCH3 is 1. The van der Waals surface area contributed by atoms with Gasteiger partial charge in [-0.2, -0.15) is 4.98 Å². The zero-order chi connectivity index (χ0) is 12.8. The Bertz CT molecular complexity index is 479. The minimum absolute atomic E-state index is 0.611. The molecule has 2 aromatic rings. The summed E-state index contributed by atoms with van der Waals surface area (Å²) in [6.45, 7) is 0.694. The standard InChI is InChI=1S/C13H17N3O2/c1-17-11-7-5-10(6-8-11)13-15-12(18-16-13)4-2-3-9-14/h5-8H,2-4,9,14H2,1H3. The van der Waals surface area contributed by atoms with Crippen LogP contribution in [-0.2, 0) is 6.42 Å². The number of unbranched alkanes of at least 4 members (excludes halogenated alkanes) is 1. The number of rotatable bonds is 6. The number of hydrogen-bond donors (Lipinski definition) is 1. The highest BCUT2D eigenvalue weighted by atomic mass is 16.5. The van der Waals surface area contributed by atoms with Crippen molar-refractivity contribution in [2.75, 3.05) is 13.7 Å². The van der Waals surface area contributed by atoms with Crippen molar-refractivity contribution < 1.29 is 9.26 Å². The van der Waals surface area contributed by atoms with Crippen molar-refractivity contribution in [2.24, 2.45) is 5.73 Å². The molecule has 96 valence electrons. The van der Waals surface area contributed by atoms with Crippen molar-refractivity contribution in [3.05, 3.63) is 30.2 Å². The summed E-state index contributed by atoms with van der Waals surface area (Å²) < 4.78 is 10.3. The first kappa shape index (κ1) is 12.6. The Hall–Kier alpha value is -1.88. The Labute approximate surface area is 106 Å². The van der Waals surface area contributed by atoms with Gasteiger partial charge < -0.3 is 15.0 Å². The van der Waals surface area contributed by atoms with Crippen LogP contribution in [0.3, 0.4) is 0 Å². The molecule has 0 spiro atoms. The summed E-state index contributed by atoms with van der Waals surface area (Å²) >= 11 is 0. The molecule has 0 atom stereocenters. The molecule has 2 N–H and O–H groups in total. The van der Waals surface area contributed by atoms with Gasteiger partial charge in [-0.3, -0.25) is 0 Å². The lowest BCUT2D eigenvalue weighted by atomic mass is 10.2. The van der Waals surface area contributed by atoms with E-state index in [9.17, 15) is 0 Å². The van der Waals surface area contributed by atoms with E-state index in [2.05, 4.69) is 10.1 Å². The Balaban J connectivity index is 2.04. The van der Waals surface area contributed by atoms with E-state index in [-0.39, 0.29) is 0 Å². The van der Waals surface area contributed by atoms with E-state index in [4.69, 9.17) is 15.0 Å². The highest BCUT2D eigenvalue weighted by molar-refractivity contribution is 5.55. The van der Waals surface area contributed by atoms with Gasteiger partial charge in [-0.25, -0.2) is 0 Å². The van der Waals surface area contributed by atoms with Crippen LogP contribution in [0.2, 0.25) is 0 Å². The van der Waals surface area contributed by atoms with Crippen LogP contribution < -0.4 is 10.5 Å². The highest BCUT2D eigenvalue weighted by Crippen LogP contribution is 2.19. The van der Waals surface area contributed by atoms with E-state index in [0.29, 0.717) is 18.3 Å². The minimum Gasteiger partial charge on any atom is -0.497 e. The summed E-state index contributed by atoms with van der Waals surface area (Å²) in [6.07, 6.45) is 2.72. The van der Waals surface area contributed by atoms with Crippen molar-refractivity contribution in [1.82, 2.24) is 10.1 Å². The molecule has 0 saturated heterocycles. The van der Waals surface area contributed by atoms with Gasteiger partial charge in [0.2, 0.25) is 11.7 Å². The Morgan fingerprint density at radius 1 is 1.22 bits per heavy atom. The van der Waals surface area contributed by atoms with Crippen LogP contribution in [0, 0.1) is 0 Å². The molecule has 0 aliphatic heterocycles. The summed E-state index contributed by atoms with van der Waals surface area (Å²) in [5.74, 6) is 2.08. The molecule has 2 rings (SSSR count). The molecule has 1 aromatic heterocycles. The number of aryl methyl sites for hydroxylation is 1. The van der Waals surface area contributed by atoms with Gasteiger partial charge in [-0.05, 0) is 43.7 Å². The van der Waals surface area contributed by atoms with E-state index < -0.39 is 0 Å². The number of aromatic nitrogens is 2. The van der Waals surface area contributed by atoms with Crippen LogP contribution in [0.1, 0.15) is 18.7 Å².